The molecule has 1 saturated heterocycles. The molecule has 0 saturated carbocycles. The molecular formula is C19H17F4N3O4. The lowest BCUT2D eigenvalue weighted by Crippen LogP contribution is -2.45. The number of aromatic amines is 1. The molecule has 0 amide bonds. The van der Waals surface area contributed by atoms with Gasteiger partial charge in [-0.05, 0) is 35.4 Å². The van der Waals surface area contributed by atoms with Gasteiger partial charge in [0.2, 0.25) is 0 Å². The number of carbonyl (C=O) groups is 1. The first-order valence-corrected chi connectivity index (χ1v) is 8.75. The van der Waals surface area contributed by atoms with Crippen LogP contribution >= 0.6 is 0 Å². The lowest BCUT2D eigenvalue weighted by Gasteiger charge is -2.27. The number of nitrogens with one attached hydrogen (secondary N) is 2. The van der Waals surface area contributed by atoms with Crippen molar-refractivity contribution in [3.63, 3.8) is 0 Å². The standard InChI is InChI=1S/C17H16FN3O2.C2HF3O2/c18-14-3-11(1-2-16(14)22)12-4-15-13(8-20-21-15)17(5-12)23-9-10-6-19-7-10;3-2(4,5)1(6)7/h1-5,8,10,19,22H,6-7,9H2,(H,20,21);(H,6,7). The van der Waals surface area contributed by atoms with Crippen LogP contribution < -0.4 is 10.1 Å². The Bertz CT molecular complexity index is 1050. The molecule has 2 aromatic carbocycles. The lowest BCUT2D eigenvalue weighted by molar-refractivity contribution is -0.192. The molecule has 0 radical (unpaired) electrons. The van der Waals surface area contributed by atoms with Gasteiger partial charge in [0.05, 0.1) is 23.7 Å². The average Bonchev–Trinajstić information content (AvgIpc) is 3.11. The summed E-state index contributed by atoms with van der Waals surface area (Å²) in [7, 11) is 0. The van der Waals surface area contributed by atoms with E-state index in [0.29, 0.717) is 18.1 Å². The molecular weight excluding hydrogens is 410 g/mol. The number of nitrogens with zero attached hydrogens (tertiary/aromatic N) is 1. The summed E-state index contributed by atoms with van der Waals surface area (Å²) in [5.41, 5.74) is 2.31. The molecule has 0 bridgehead atoms. The number of hydrogen-bond acceptors (Lipinski definition) is 5. The van der Waals surface area contributed by atoms with Crippen molar-refractivity contribution in [1.82, 2.24) is 15.5 Å². The predicted octanol–water partition coefficient (Wildman–Crippen LogP) is 3.31. The largest absolute Gasteiger partial charge is 0.505 e. The highest BCUT2D eigenvalue weighted by molar-refractivity contribution is 5.89. The molecule has 0 aliphatic carbocycles. The van der Waals surface area contributed by atoms with Gasteiger partial charge >= 0.3 is 12.1 Å². The van der Waals surface area contributed by atoms with Crippen molar-refractivity contribution in [2.75, 3.05) is 19.7 Å². The molecule has 4 N–H and O–H groups in total. The van der Waals surface area contributed by atoms with E-state index in [-0.39, 0.29) is 5.75 Å². The highest BCUT2D eigenvalue weighted by Crippen LogP contribution is 2.33. The minimum atomic E-state index is -5.08. The van der Waals surface area contributed by atoms with E-state index < -0.39 is 18.0 Å². The number of carboxylic acids is 1. The van der Waals surface area contributed by atoms with E-state index in [1.54, 1.807) is 12.3 Å². The van der Waals surface area contributed by atoms with Gasteiger partial charge in [-0.2, -0.15) is 18.3 Å². The maximum absolute atomic E-state index is 13.6. The molecule has 1 aliphatic heterocycles. The molecule has 3 aromatic rings. The molecule has 0 spiro atoms. The third kappa shape index (κ3) is 4.98. The molecule has 160 valence electrons. The monoisotopic (exact) mass is 427 g/mol. The number of aromatic nitrogens is 2. The zero-order chi connectivity index (χ0) is 21.9. The number of hydrogen-bond donors (Lipinski definition) is 4. The van der Waals surface area contributed by atoms with Gasteiger partial charge in [0.1, 0.15) is 5.75 Å². The summed E-state index contributed by atoms with van der Waals surface area (Å²) in [5, 5.41) is 27.6. The minimum Gasteiger partial charge on any atom is -0.505 e. The Kier molecular flexibility index (Phi) is 6.11. The highest BCUT2D eigenvalue weighted by Gasteiger charge is 2.38. The molecule has 1 fully saturated rings. The van der Waals surface area contributed by atoms with E-state index in [1.807, 2.05) is 12.1 Å². The zero-order valence-corrected chi connectivity index (χ0v) is 15.3. The number of rotatable bonds is 4. The van der Waals surface area contributed by atoms with Gasteiger partial charge in [-0.25, -0.2) is 9.18 Å². The number of phenols is 1. The first kappa shape index (κ1) is 21.4. The van der Waals surface area contributed by atoms with E-state index in [2.05, 4.69) is 15.5 Å². The lowest BCUT2D eigenvalue weighted by atomic mass is 10.0. The smallest absolute Gasteiger partial charge is 0.490 e. The summed E-state index contributed by atoms with van der Waals surface area (Å²) >= 11 is 0. The number of H-pyrrole nitrogens is 1. The van der Waals surface area contributed by atoms with Crippen LogP contribution in [-0.4, -0.2) is 52.3 Å². The fourth-order valence-corrected chi connectivity index (χ4v) is 2.67. The highest BCUT2D eigenvalue weighted by atomic mass is 19.4. The van der Waals surface area contributed by atoms with Crippen LogP contribution in [0.25, 0.3) is 22.0 Å². The fraction of sp³-hybridized carbons (Fsp3) is 0.263. The van der Waals surface area contributed by atoms with Gasteiger partial charge in [0.15, 0.2) is 11.6 Å². The maximum atomic E-state index is 13.6. The van der Waals surface area contributed by atoms with Gasteiger partial charge in [-0.3, -0.25) is 5.10 Å². The second-order valence-corrected chi connectivity index (χ2v) is 6.61. The van der Waals surface area contributed by atoms with Crippen LogP contribution in [0, 0.1) is 11.7 Å². The summed E-state index contributed by atoms with van der Waals surface area (Å²) in [6, 6.07) is 8.12. The Hall–Kier alpha value is -3.34. The van der Waals surface area contributed by atoms with Gasteiger partial charge in [-0.15, -0.1) is 0 Å². The molecule has 0 unspecified atom stereocenters. The number of fused-ring (bicyclic) bond motifs is 1. The number of benzene rings is 2. The van der Waals surface area contributed by atoms with Crippen LogP contribution in [-0.2, 0) is 4.79 Å². The van der Waals surface area contributed by atoms with Crippen LogP contribution in [0.1, 0.15) is 0 Å². The predicted molar refractivity (Wildman–Crippen MR) is 98.7 cm³/mol. The average molecular weight is 427 g/mol. The topological polar surface area (TPSA) is 107 Å². The van der Waals surface area contributed by atoms with Crippen molar-refractivity contribution in [1.29, 1.82) is 0 Å². The van der Waals surface area contributed by atoms with Crippen LogP contribution in [0.15, 0.2) is 36.5 Å². The molecule has 0 atom stereocenters. The Morgan fingerprint density at radius 2 is 1.90 bits per heavy atom. The molecule has 4 rings (SSSR count). The summed E-state index contributed by atoms with van der Waals surface area (Å²) in [4.78, 5) is 8.90. The second-order valence-electron chi connectivity index (χ2n) is 6.61. The van der Waals surface area contributed by atoms with Gasteiger partial charge in [-0.1, -0.05) is 6.07 Å². The molecule has 11 heteroatoms. The van der Waals surface area contributed by atoms with Crippen molar-refractivity contribution >= 4 is 16.9 Å². The molecule has 1 aliphatic rings. The number of phenolic OH excluding ortho intramolecular Hbond substituents is 1. The van der Waals surface area contributed by atoms with Crippen molar-refractivity contribution in [2.24, 2.45) is 5.92 Å². The number of carboxylic acid groups (broad SMARTS) is 1. The Morgan fingerprint density at radius 3 is 2.47 bits per heavy atom. The van der Waals surface area contributed by atoms with Crippen molar-refractivity contribution in [2.45, 2.75) is 6.18 Å². The Morgan fingerprint density at radius 1 is 1.20 bits per heavy atom. The van der Waals surface area contributed by atoms with Crippen LogP contribution in [0.2, 0.25) is 0 Å². The molecule has 7 nitrogen and oxygen atoms in total. The molecule has 1 aromatic heterocycles. The number of aromatic hydroxyl groups is 1. The fourth-order valence-electron chi connectivity index (χ4n) is 2.67. The first-order chi connectivity index (χ1) is 14.1. The number of alkyl halides is 3. The normalized spacial score (nSPS) is 14.0. The van der Waals surface area contributed by atoms with Crippen LogP contribution in [0.3, 0.4) is 0 Å². The van der Waals surface area contributed by atoms with Gasteiger partial charge < -0.3 is 20.3 Å². The summed E-state index contributed by atoms with van der Waals surface area (Å²) < 4.78 is 51.3. The second kappa shape index (κ2) is 8.57. The van der Waals surface area contributed by atoms with Crippen LogP contribution in [0.4, 0.5) is 17.6 Å². The van der Waals surface area contributed by atoms with E-state index in [1.165, 1.54) is 12.1 Å². The molecule has 30 heavy (non-hydrogen) atoms. The molecule has 2 heterocycles. The van der Waals surface area contributed by atoms with Crippen molar-refractivity contribution in [3.8, 4) is 22.6 Å². The summed E-state index contributed by atoms with van der Waals surface area (Å²) in [6.07, 6.45) is -3.36. The Balaban J connectivity index is 0.000000318. The maximum Gasteiger partial charge on any atom is 0.490 e. The van der Waals surface area contributed by atoms with Crippen molar-refractivity contribution in [3.05, 3.63) is 42.3 Å². The zero-order valence-electron chi connectivity index (χ0n) is 15.3. The van der Waals surface area contributed by atoms with Gasteiger partial charge in [0, 0.05) is 19.0 Å². The summed E-state index contributed by atoms with van der Waals surface area (Å²) in [6.45, 7) is 2.58. The third-order valence-electron chi connectivity index (χ3n) is 4.38. The first-order valence-electron chi connectivity index (χ1n) is 8.75. The van der Waals surface area contributed by atoms with E-state index >= 15 is 0 Å². The summed E-state index contributed by atoms with van der Waals surface area (Å²) in [5.74, 6) is -2.51. The van der Waals surface area contributed by atoms with E-state index in [0.717, 1.165) is 35.3 Å². The quantitative estimate of drug-likeness (QED) is 0.476. The van der Waals surface area contributed by atoms with Crippen LogP contribution in [0.5, 0.6) is 11.5 Å². The minimum absolute atomic E-state index is 0.356. The number of ether oxygens (including phenoxy) is 1. The van der Waals surface area contributed by atoms with Crippen molar-refractivity contribution < 1.29 is 37.3 Å². The van der Waals surface area contributed by atoms with Gasteiger partial charge in [0.25, 0.3) is 0 Å². The SMILES string of the molecule is O=C(O)C(F)(F)F.Oc1ccc(-c2cc(OCC3CNC3)c3cn[nH]c3c2)cc1F. The third-order valence-corrected chi connectivity index (χ3v) is 4.38. The number of halogens is 4. The van der Waals surface area contributed by atoms with E-state index in [4.69, 9.17) is 14.6 Å². The van der Waals surface area contributed by atoms with E-state index in [9.17, 15) is 22.7 Å². The number of aliphatic carboxylic acids is 1. The Labute approximate surface area is 167 Å².